The minimum absolute atomic E-state index is 0.0286. The zero-order valence-corrected chi connectivity index (χ0v) is 16.3. The van der Waals surface area contributed by atoms with E-state index < -0.39 is 0 Å². The summed E-state index contributed by atoms with van der Waals surface area (Å²) in [6, 6.07) is 20.1. The molecule has 0 bridgehead atoms. The summed E-state index contributed by atoms with van der Waals surface area (Å²) in [6.45, 7) is 0.713. The Morgan fingerprint density at radius 2 is 2.00 bits per heavy atom. The zero-order valence-electron chi connectivity index (χ0n) is 15.5. The smallest absolute Gasteiger partial charge is 0.271 e. The molecule has 1 aliphatic rings. The lowest BCUT2D eigenvalue weighted by atomic mass is 9.93. The van der Waals surface area contributed by atoms with Crippen LogP contribution in [0.25, 0.3) is 10.9 Å². The van der Waals surface area contributed by atoms with E-state index in [0.29, 0.717) is 12.2 Å². The number of fused-ring (bicyclic) bond motifs is 2. The van der Waals surface area contributed by atoms with Gasteiger partial charge in [0.15, 0.2) is 0 Å². The first kappa shape index (κ1) is 17.1. The monoisotopic (exact) mass is 388 g/mol. The first-order valence-corrected chi connectivity index (χ1v) is 10.2. The molecule has 1 amide bonds. The van der Waals surface area contributed by atoms with Gasteiger partial charge in [-0.25, -0.2) is 0 Å². The van der Waals surface area contributed by atoms with Crippen LogP contribution in [0, 0.1) is 0 Å². The number of amides is 1. The third kappa shape index (κ3) is 2.79. The maximum Gasteiger partial charge on any atom is 0.271 e. The number of aromatic nitrogens is 1. The highest BCUT2D eigenvalue weighted by Gasteiger charge is 2.33. The topological polar surface area (TPSA) is 45.3 Å². The lowest BCUT2D eigenvalue weighted by Crippen LogP contribution is -2.40. The Balaban J connectivity index is 1.56. The van der Waals surface area contributed by atoms with Gasteiger partial charge in [0.2, 0.25) is 0 Å². The lowest BCUT2D eigenvalue weighted by Gasteiger charge is -2.36. The highest BCUT2D eigenvalue weighted by Crippen LogP contribution is 2.38. The second-order valence-corrected chi connectivity index (χ2v) is 8.00. The molecule has 1 N–H and O–H groups in total. The molecule has 2 aromatic heterocycles. The summed E-state index contributed by atoms with van der Waals surface area (Å²) in [5.41, 5.74) is 3.91. The fourth-order valence-corrected chi connectivity index (χ4v) is 4.94. The van der Waals surface area contributed by atoms with Crippen LogP contribution in [0.3, 0.4) is 0 Å². The van der Waals surface area contributed by atoms with Crippen LogP contribution in [0.15, 0.2) is 66.0 Å². The van der Waals surface area contributed by atoms with E-state index in [1.54, 1.807) is 18.4 Å². The highest BCUT2D eigenvalue weighted by atomic mass is 32.1. The lowest BCUT2D eigenvalue weighted by molar-refractivity contribution is 0.0691. The van der Waals surface area contributed by atoms with E-state index in [0.717, 1.165) is 28.6 Å². The van der Waals surface area contributed by atoms with Crippen LogP contribution in [0.4, 0.5) is 0 Å². The van der Waals surface area contributed by atoms with E-state index >= 15 is 0 Å². The first-order chi connectivity index (χ1) is 13.7. The Hall–Kier alpha value is -3.05. The molecule has 0 radical (unpaired) electrons. The van der Waals surface area contributed by atoms with Crippen molar-refractivity contribution < 1.29 is 9.53 Å². The average Bonchev–Trinajstić information content (AvgIpc) is 3.39. The SMILES string of the molecule is COc1ccc2cc(C(=O)N3CCc4sccc4[C@H]3c3ccccc3)[nH]c2c1. The predicted molar refractivity (Wildman–Crippen MR) is 112 cm³/mol. The number of nitrogens with zero attached hydrogens (tertiary/aromatic N) is 1. The standard InChI is InChI=1S/C23H20N2O2S/c1-27-17-8-7-16-13-20(24-19(16)14-17)23(26)25-11-9-21-18(10-12-28-21)22(25)15-5-3-2-4-6-15/h2-8,10,12-14,22,24H,9,11H2,1H3/t22-/m1/s1. The van der Waals surface area contributed by atoms with Crippen LogP contribution < -0.4 is 4.74 Å². The molecule has 2 aromatic carbocycles. The molecule has 140 valence electrons. The Morgan fingerprint density at radius 1 is 1.14 bits per heavy atom. The number of methoxy groups -OCH3 is 1. The molecular weight excluding hydrogens is 368 g/mol. The van der Waals surface area contributed by atoms with E-state index in [9.17, 15) is 4.79 Å². The summed E-state index contributed by atoms with van der Waals surface area (Å²) >= 11 is 1.78. The van der Waals surface area contributed by atoms with Gasteiger partial charge < -0.3 is 14.6 Å². The van der Waals surface area contributed by atoms with Gasteiger partial charge in [-0.3, -0.25) is 4.79 Å². The van der Waals surface area contributed by atoms with Crippen molar-refractivity contribution in [2.45, 2.75) is 12.5 Å². The predicted octanol–water partition coefficient (Wildman–Crippen LogP) is 5.03. The molecule has 0 saturated carbocycles. The normalized spacial score (nSPS) is 16.2. The molecule has 1 atom stereocenters. The summed E-state index contributed by atoms with van der Waals surface area (Å²) in [5, 5.41) is 3.14. The Labute approximate surface area is 167 Å². The molecule has 0 spiro atoms. The van der Waals surface area contributed by atoms with Crippen LogP contribution in [0.1, 0.15) is 32.5 Å². The van der Waals surface area contributed by atoms with Crippen molar-refractivity contribution in [2.24, 2.45) is 0 Å². The number of hydrogen-bond acceptors (Lipinski definition) is 3. The Bertz CT molecular complexity index is 1150. The third-order valence-corrected chi connectivity index (χ3v) is 6.40. The van der Waals surface area contributed by atoms with E-state index in [1.807, 2.05) is 47.4 Å². The first-order valence-electron chi connectivity index (χ1n) is 9.33. The van der Waals surface area contributed by atoms with Crippen molar-refractivity contribution in [2.75, 3.05) is 13.7 Å². The molecule has 3 heterocycles. The van der Waals surface area contributed by atoms with Crippen molar-refractivity contribution in [3.63, 3.8) is 0 Å². The molecule has 0 saturated heterocycles. The van der Waals surface area contributed by atoms with Gasteiger partial charge in [0.25, 0.3) is 5.91 Å². The minimum Gasteiger partial charge on any atom is -0.497 e. The van der Waals surface area contributed by atoms with E-state index in [1.165, 1.54) is 10.4 Å². The number of nitrogens with one attached hydrogen (secondary N) is 1. The summed E-state index contributed by atoms with van der Waals surface area (Å²) in [7, 11) is 1.65. The van der Waals surface area contributed by atoms with Crippen LogP contribution in [0.2, 0.25) is 0 Å². The molecule has 4 nitrogen and oxygen atoms in total. The van der Waals surface area contributed by atoms with Crippen LogP contribution in [-0.2, 0) is 6.42 Å². The van der Waals surface area contributed by atoms with Gasteiger partial charge in [-0.05, 0) is 47.2 Å². The number of H-pyrrole nitrogens is 1. The van der Waals surface area contributed by atoms with Crippen LogP contribution in [-0.4, -0.2) is 29.4 Å². The number of ether oxygens (including phenoxy) is 1. The molecule has 5 rings (SSSR count). The highest BCUT2D eigenvalue weighted by molar-refractivity contribution is 7.10. The van der Waals surface area contributed by atoms with Crippen molar-refractivity contribution in [1.82, 2.24) is 9.88 Å². The van der Waals surface area contributed by atoms with Crippen molar-refractivity contribution in [3.05, 3.63) is 87.7 Å². The molecule has 1 aliphatic heterocycles. The van der Waals surface area contributed by atoms with E-state index in [-0.39, 0.29) is 11.9 Å². The summed E-state index contributed by atoms with van der Waals surface area (Å²) in [5.74, 6) is 0.803. The maximum absolute atomic E-state index is 13.5. The molecule has 5 heteroatoms. The van der Waals surface area contributed by atoms with Gasteiger partial charge in [-0.2, -0.15) is 0 Å². The van der Waals surface area contributed by atoms with E-state index in [4.69, 9.17) is 4.74 Å². The van der Waals surface area contributed by atoms with Crippen molar-refractivity contribution >= 4 is 28.1 Å². The van der Waals surface area contributed by atoms with Gasteiger partial charge in [0, 0.05) is 28.4 Å². The van der Waals surface area contributed by atoms with Crippen molar-refractivity contribution in [1.29, 1.82) is 0 Å². The molecule has 28 heavy (non-hydrogen) atoms. The fraction of sp³-hybridized carbons (Fsp3) is 0.174. The zero-order chi connectivity index (χ0) is 19.1. The van der Waals surface area contributed by atoms with Crippen LogP contribution >= 0.6 is 11.3 Å². The average molecular weight is 388 g/mol. The molecule has 0 unspecified atom stereocenters. The quantitative estimate of drug-likeness (QED) is 0.535. The minimum atomic E-state index is -0.0513. The van der Waals surface area contributed by atoms with Gasteiger partial charge in [-0.1, -0.05) is 30.3 Å². The third-order valence-electron chi connectivity index (χ3n) is 5.40. The van der Waals surface area contributed by atoms with Gasteiger partial charge >= 0.3 is 0 Å². The molecule has 4 aromatic rings. The molecular formula is C23H20N2O2S. The van der Waals surface area contributed by atoms with Gasteiger partial charge in [0.05, 0.1) is 13.2 Å². The molecule has 0 fully saturated rings. The Kier molecular flexibility index (Phi) is 4.17. The number of carbonyl (C=O) groups excluding carboxylic acids is 1. The largest absolute Gasteiger partial charge is 0.497 e. The Morgan fingerprint density at radius 3 is 2.82 bits per heavy atom. The maximum atomic E-state index is 13.5. The number of benzene rings is 2. The second-order valence-electron chi connectivity index (χ2n) is 7.00. The summed E-state index contributed by atoms with van der Waals surface area (Å²) in [6.07, 6.45) is 0.899. The number of rotatable bonds is 3. The molecule has 0 aliphatic carbocycles. The number of carbonyl (C=O) groups is 1. The number of thiophene rings is 1. The van der Waals surface area contributed by atoms with Gasteiger partial charge in [-0.15, -0.1) is 11.3 Å². The van der Waals surface area contributed by atoms with E-state index in [2.05, 4.69) is 28.6 Å². The number of aromatic amines is 1. The second kappa shape index (κ2) is 6.84. The summed E-state index contributed by atoms with van der Waals surface area (Å²) in [4.78, 5) is 20.2. The van der Waals surface area contributed by atoms with Crippen LogP contribution in [0.5, 0.6) is 5.75 Å². The van der Waals surface area contributed by atoms with Crippen molar-refractivity contribution in [3.8, 4) is 5.75 Å². The summed E-state index contributed by atoms with van der Waals surface area (Å²) < 4.78 is 5.30. The van der Waals surface area contributed by atoms with Gasteiger partial charge in [0.1, 0.15) is 11.4 Å². The fourth-order valence-electron chi connectivity index (χ4n) is 4.03. The number of hydrogen-bond donors (Lipinski definition) is 1.